The molecule has 0 aliphatic rings. The normalized spacial score (nSPS) is 13.3. The van der Waals surface area contributed by atoms with Gasteiger partial charge in [-0.25, -0.2) is 0 Å². The van der Waals surface area contributed by atoms with E-state index >= 15 is 0 Å². The lowest BCUT2D eigenvalue weighted by Crippen LogP contribution is -2.33. The Balaban J connectivity index is 3.04. The van der Waals surface area contributed by atoms with Gasteiger partial charge in [0, 0.05) is 19.2 Å². The fourth-order valence-corrected chi connectivity index (χ4v) is 1.50. The maximum atomic E-state index is 5.58. The molecule has 0 radical (unpaired) electrons. The number of rotatable bonds is 11. The smallest absolute Gasteiger partial charge is 0.0590 e. The maximum absolute atomic E-state index is 5.58. The molecule has 0 saturated carbocycles. The Bertz CT molecular complexity index is 137. The predicted octanol–water partition coefficient (Wildman–Crippen LogP) is 3.61. The van der Waals surface area contributed by atoms with Crippen molar-refractivity contribution in [3.63, 3.8) is 0 Å². The van der Waals surface area contributed by atoms with E-state index in [2.05, 4.69) is 33.0 Å². The van der Waals surface area contributed by atoms with Crippen molar-refractivity contribution in [3.05, 3.63) is 0 Å². The Kier molecular flexibility index (Phi) is 11.3. The minimum Gasteiger partial charge on any atom is -0.380 e. The van der Waals surface area contributed by atoms with Gasteiger partial charge in [-0.1, -0.05) is 46.5 Å². The van der Waals surface area contributed by atoms with Crippen LogP contribution in [0.5, 0.6) is 0 Å². The van der Waals surface area contributed by atoms with Crippen LogP contribution in [-0.2, 0) is 4.74 Å². The largest absolute Gasteiger partial charge is 0.380 e. The van der Waals surface area contributed by atoms with E-state index in [9.17, 15) is 0 Å². The van der Waals surface area contributed by atoms with E-state index in [1.165, 1.54) is 32.1 Å². The van der Waals surface area contributed by atoms with Gasteiger partial charge in [0.25, 0.3) is 0 Å². The topological polar surface area (TPSA) is 21.3 Å². The fraction of sp³-hybridized carbons (Fsp3) is 1.00. The molecule has 0 rings (SSSR count). The van der Waals surface area contributed by atoms with Crippen LogP contribution in [0.4, 0.5) is 0 Å². The van der Waals surface area contributed by atoms with Crippen LogP contribution in [0.2, 0.25) is 0 Å². The Hall–Kier alpha value is -0.0800. The fourth-order valence-electron chi connectivity index (χ4n) is 1.50. The summed E-state index contributed by atoms with van der Waals surface area (Å²) in [5.74, 6) is 0.703. The zero-order chi connectivity index (χ0) is 12.2. The molecule has 0 heterocycles. The number of ether oxygens (including phenoxy) is 1. The molecule has 0 fully saturated rings. The van der Waals surface area contributed by atoms with Gasteiger partial charge >= 0.3 is 0 Å². The first kappa shape index (κ1) is 15.9. The SMILES string of the molecule is CCCCCCCOCCNC(C)C(C)C. The van der Waals surface area contributed by atoms with Crippen molar-refractivity contribution in [1.29, 1.82) is 0 Å². The summed E-state index contributed by atoms with van der Waals surface area (Å²) in [6.45, 7) is 11.7. The molecule has 0 aliphatic heterocycles. The maximum Gasteiger partial charge on any atom is 0.0590 e. The molecule has 0 bridgehead atoms. The van der Waals surface area contributed by atoms with Crippen molar-refractivity contribution in [3.8, 4) is 0 Å². The van der Waals surface area contributed by atoms with Gasteiger partial charge in [-0.05, 0) is 19.3 Å². The Morgan fingerprint density at radius 3 is 2.25 bits per heavy atom. The first-order valence-electron chi connectivity index (χ1n) is 6.99. The van der Waals surface area contributed by atoms with Crippen LogP contribution in [0.25, 0.3) is 0 Å². The zero-order valence-corrected chi connectivity index (χ0v) is 11.7. The van der Waals surface area contributed by atoms with Gasteiger partial charge in [0.15, 0.2) is 0 Å². The van der Waals surface area contributed by atoms with Crippen molar-refractivity contribution in [2.45, 2.75) is 65.8 Å². The van der Waals surface area contributed by atoms with E-state index in [1.54, 1.807) is 0 Å². The Morgan fingerprint density at radius 2 is 1.62 bits per heavy atom. The molecule has 0 aromatic heterocycles. The van der Waals surface area contributed by atoms with Gasteiger partial charge in [-0.2, -0.15) is 0 Å². The lowest BCUT2D eigenvalue weighted by atomic mass is 10.1. The van der Waals surface area contributed by atoms with Crippen LogP contribution in [0.1, 0.15) is 59.8 Å². The van der Waals surface area contributed by atoms with Gasteiger partial charge < -0.3 is 10.1 Å². The van der Waals surface area contributed by atoms with Gasteiger partial charge in [-0.15, -0.1) is 0 Å². The third kappa shape index (κ3) is 10.4. The third-order valence-corrected chi connectivity index (χ3v) is 3.10. The number of hydrogen-bond acceptors (Lipinski definition) is 2. The first-order valence-corrected chi connectivity index (χ1v) is 6.99. The molecule has 0 saturated heterocycles. The van der Waals surface area contributed by atoms with Crippen LogP contribution in [0.15, 0.2) is 0 Å². The molecule has 98 valence electrons. The highest BCUT2D eigenvalue weighted by atomic mass is 16.5. The lowest BCUT2D eigenvalue weighted by molar-refractivity contribution is 0.128. The van der Waals surface area contributed by atoms with Crippen molar-refractivity contribution in [2.24, 2.45) is 5.92 Å². The molecule has 1 unspecified atom stereocenters. The van der Waals surface area contributed by atoms with Crippen molar-refractivity contribution in [1.82, 2.24) is 5.32 Å². The molecular formula is C14H31NO. The highest BCUT2D eigenvalue weighted by Crippen LogP contribution is 2.02. The average Bonchev–Trinajstić information content (AvgIpc) is 2.26. The number of nitrogens with one attached hydrogen (secondary N) is 1. The molecule has 1 N–H and O–H groups in total. The van der Waals surface area contributed by atoms with E-state index in [1.807, 2.05) is 0 Å². The second-order valence-electron chi connectivity index (χ2n) is 5.01. The van der Waals surface area contributed by atoms with E-state index in [4.69, 9.17) is 4.74 Å². The Morgan fingerprint density at radius 1 is 0.938 bits per heavy atom. The monoisotopic (exact) mass is 229 g/mol. The zero-order valence-electron chi connectivity index (χ0n) is 11.7. The molecule has 2 nitrogen and oxygen atoms in total. The minimum atomic E-state index is 0.591. The van der Waals surface area contributed by atoms with Gasteiger partial charge in [0.2, 0.25) is 0 Å². The minimum absolute atomic E-state index is 0.591. The summed E-state index contributed by atoms with van der Waals surface area (Å²) >= 11 is 0. The molecular weight excluding hydrogens is 198 g/mol. The quantitative estimate of drug-likeness (QED) is 0.547. The molecule has 0 spiro atoms. The summed E-state index contributed by atoms with van der Waals surface area (Å²) in [7, 11) is 0. The highest BCUT2D eigenvalue weighted by molar-refractivity contribution is 4.63. The van der Waals surface area contributed by atoms with E-state index < -0.39 is 0 Å². The molecule has 0 aliphatic carbocycles. The summed E-state index contributed by atoms with van der Waals surface area (Å²) in [5, 5.41) is 3.47. The van der Waals surface area contributed by atoms with Crippen molar-refractivity contribution in [2.75, 3.05) is 19.8 Å². The first-order chi connectivity index (χ1) is 7.68. The lowest BCUT2D eigenvalue weighted by Gasteiger charge is -2.17. The van der Waals surface area contributed by atoms with Gasteiger partial charge in [-0.3, -0.25) is 0 Å². The van der Waals surface area contributed by atoms with Gasteiger partial charge in [0.1, 0.15) is 0 Å². The van der Waals surface area contributed by atoms with Crippen molar-refractivity contribution < 1.29 is 4.74 Å². The van der Waals surface area contributed by atoms with Crippen LogP contribution < -0.4 is 5.32 Å². The predicted molar refractivity (Wildman–Crippen MR) is 71.9 cm³/mol. The van der Waals surface area contributed by atoms with E-state index in [0.717, 1.165) is 19.8 Å². The Labute approximate surface area is 102 Å². The molecule has 0 aromatic carbocycles. The van der Waals surface area contributed by atoms with Crippen LogP contribution in [0, 0.1) is 5.92 Å². The van der Waals surface area contributed by atoms with Gasteiger partial charge in [0.05, 0.1) is 6.61 Å². The second-order valence-corrected chi connectivity index (χ2v) is 5.01. The second kappa shape index (κ2) is 11.4. The summed E-state index contributed by atoms with van der Waals surface area (Å²) in [5.41, 5.74) is 0. The van der Waals surface area contributed by atoms with Crippen LogP contribution in [-0.4, -0.2) is 25.8 Å². The summed E-state index contributed by atoms with van der Waals surface area (Å²) in [4.78, 5) is 0. The van der Waals surface area contributed by atoms with Crippen LogP contribution >= 0.6 is 0 Å². The third-order valence-electron chi connectivity index (χ3n) is 3.10. The van der Waals surface area contributed by atoms with Crippen molar-refractivity contribution >= 4 is 0 Å². The molecule has 16 heavy (non-hydrogen) atoms. The summed E-state index contributed by atoms with van der Waals surface area (Å²) in [6, 6.07) is 0.591. The van der Waals surface area contributed by atoms with E-state index in [0.29, 0.717) is 12.0 Å². The molecule has 2 heteroatoms. The number of hydrogen-bond donors (Lipinski definition) is 1. The van der Waals surface area contributed by atoms with Crippen LogP contribution in [0.3, 0.4) is 0 Å². The average molecular weight is 229 g/mol. The molecule has 0 aromatic rings. The molecule has 1 atom stereocenters. The summed E-state index contributed by atoms with van der Waals surface area (Å²) < 4.78 is 5.58. The highest BCUT2D eigenvalue weighted by Gasteiger charge is 2.04. The number of unbranched alkanes of at least 4 members (excludes halogenated alkanes) is 4. The standard InChI is InChI=1S/C14H31NO/c1-5-6-7-8-9-11-16-12-10-15-14(4)13(2)3/h13-15H,5-12H2,1-4H3. The molecule has 0 amide bonds. The van der Waals surface area contributed by atoms with E-state index in [-0.39, 0.29) is 0 Å². The summed E-state index contributed by atoms with van der Waals surface area (Å²) in [6.07, 6.45) is 6.59.